The molecule has 1 aliphatic carbocycles. The monoisotopic (exact) mass is 450 g/mol. The number of rotatable bonds is 10. The normalized spacial score (nSPS) is 17.6. The van der Waals surface area contributed by atoms with Crippen LogP contribution in [0.3, 0.4) is 0 Å². The second kappa shape index (κ2) is 12.6. The fourth-order valence-electron chi connectivity index (χ4n) is 3.84. The molecule has 0 amide bonds. The zero-order valence-corrected chi connectivity index (χ0v) is 18.7. The average molecular weight is 451 g/mol. The van der Waals surface area contributed by atoms with Crippen molar-refractivity contribution in [2.24, 2.45) is 11.8 Å². The van der Waals surface area contributed by atoms with E-state index < -0.39 is 5.97 Å². The lowest BCUT2D eigenvalue weighted by Gasteiger charge is -2.25. The quantitative estimate of drug-likeness (QED) is 0.216. The van der Waals surface area contributed by atoms with Crippen molar-refractivity contribution in [3.63, 3.8) is 0 Å². The minimum absolute atomic E-state index is 0.183. The highest BCUT2D eigenvalue weighted by Crippen LogP contribution is 2.31. The highest BCUT2D eigenvalue weighted by atomic mass is 16.5. The summed E-state index contributed by atoms with van der Waals surface area (Å²) >= 11 is 0. The third-order valence-electron chi connectivity index (χ3n) is 5.77. The third kappa shape index (κ3) is 7.59. The number of hydrogen-bond acceptors (Lipinski definition) is 6. The van der Waals surface area contributed by atoms with Gasteiger partial charge in [0.15, 0.2) is 0 Å². The molecule has 1 aliphatic rings. The average Bonchev–Trinajstić information content (AvgIpc) is 2.86. The predicted molar refractivity (Wildman–Crippen MR) is 124 cm³/mol. The molecule has 0 aromatic heterocycles. The first-order valence-electron chi connectivity index (χ1n) is 11.4. The van der Waals surface area contributed by atoms with Crippen LogP contribution in [0.15, 0.2) is 67.3 Å². The highest BCUT2D eigenvalue weighted by Gasteiger charge is 2.31. The van der Waals surface area contributed by atoms with E-state index in [1.54, 1.807) is 0 Å². The number of esters is 3. The zero-order valence-electron chi connectivity index (χ0n) is 18.7. The topological polar surface area (TPSA) is 78.9 Å². The summed E-state index contributed by atoms with van der Waals surface area (Å²) in [7, 11) is 0. The van der Waals surface area contributed by atoms with Crippen LogP contribution in [0.1, 0.15) is 38.5 Å². The number of ether oxygens (including phenoxy) is 3. The first-order valence-corrected chi connectivity index (χ1v) is 11.4. The molecule has 1 saturated carbocycles. The molecule has 0 aliphatic heterocycles. The lowest BCUT2D eigenvalue weighted by atomic mass is 9.82. The lowest BCUT2D eigenvalue weighted by molar-refractivity contribution is -0.152. The van der Waals surface area contributed by atoms with Crippen LogP contribution < -0.4 is 4.74 Å². The minimum atomic E-state index is -0.452. The summed E-state index contributed by atoms with van der Waals surface area (Å²) in [6.45, 7) is 3.91. The van der Waals surface area contributed by atoms with Gasteiger partial charge in [-0.05, 0) is 61.8 Å². The Labute approximate surface area is 194 Å². The molecule has 0 bridgehead atoms. The van der Waals surface area contributed by atoms with E-state index in [1.165, 1.54) is 0 Å². The zero-order chi connectivity index (χ0) is 23.5. The Kier molecular flexibility index (Phi) is 9.24. The Hall–Kier alpha value is -3.41. The van der Waals surface area contributed by atoms with Crippen LogP contribution in [-0.2, 0) is 23.9 Å². The number of unbranched alkanes of at least 4 members (excludes halogenated alkanes) is 1. The third-order valence-corrected chi connectivity index (χ3v) is 5.77. The van der Waals surface area contributed by atoms with Gasteiger partial charge < -0.3 is 14.2 Å². The summed E-state index contributed by atoms with van der Waals surface area (Å²) in [5.41, 5.74) is 2.17. The molecule has 0 N–H and O–H groups in total. The van der Waals surface area contributed by atoms with Crippen LogP contribution in [0, 0.1) is 11.8 Å². The molecule has 174 valence electrons. The number of carbonyl (C=O) groups excluding carboxylic acids is 3. The van der Waals surface area contributed by atoms with Gasteiger partial charge >= 0.3 is 17.9 Å². The molecule has 6 heteroatoms. The Morgan fingerprint density at radius 2 is 1.30 bits per heavy atom. The van der Waals surface area contributed by atoms with E-state index in [-0.39, 0.29) is 30.4 Å². The van der Waals surface area contributed by atoms with Crippen LogP contribution in [0.5, 0.6) is 5.75 Å². The van der Waals surface area contributed by atoms with E-state index in [0.717, 1.165) is 17.2 Å². The summed E-state index contributed by atoms with van der Waals surface area (Å²) in [6, 6.07) is 17.5. The number of benzene rings is 2. The summed E-state index contributed by atoms with van der Waals surface area (Å²) in [5.74, 6) is -0.781. The highest BCUT2D eigenvalue weighted by molar-refractivity contribution is 5.81. The second-order valence-electron chi connectivity index (χ2n) is 8.11. The Bertz CT molecular complexity index is 927. The molecule has 0 atom stereocenters. The Morgan fingerprint density at radius 3 is 1.91 bits per heavy atom. The molecule has 0 unspecified atom stereocenters. The molecule has 0 saturated heterocycles. The van der Waals surface area contributed by atoms with Crippen molar-refractivity contribution in [3.05, 3.63) is 67.3 Å². The molecule has 6 nitrogen and oxygen atoms in total. The van der Waals surface area contributed by atoms with Crippen LogP contribution >= 0.6 is 0 Å². The maximum absolute atomic E-state index is 12.6. The fraction of sp³-hybridized carbons (Fsp3) is 0.370. The van der Waals surface area contributed by atoms with Crippen molar-refractivity contribution in [1.29, 1.82) is 0 Å². The van der Waals surface area contributed by atoms with Gasteiger partial charge in [-0.2, -0.15) is 0 Å². The van der Waals surface area contributed by atoms with Crippen molar-refractivity contribution < 1.29 is 28.6 Å². The minimum Gasteiger partial charge on any atom is -0.465 e. The molecule has 0 spiro atoms. The van der Waals surface area contributed by atoms with E-state index in [4.69, 9.17) is 14.2 Å². The summed E-state index contributed by atoms with van der Waals surface area (Å²) in [6.07, 6.45) is 4.81. The van der Waals surface area contributed by atoms with Gasteiger partial charge in [0.25, 0.3) is 0 Å². The van der Waals surface area contributed by atoms with Crippen molar-refractivity contribution in [2.75, 3.05) is 13.2 Å². The number of hydrogen-bond donors (Lipinski definition) is 0. The number of carbonyl (C=O) groups is 3. The first-order chi connectivity index (χ1) is 16.1. The van der Waals surface area contributed by atoms with Gasteiger partial charge in [0.1, 0.15) is 5.75 Å². The van der Waals surface area contributed by atoms with Crippen LogP contribution in [0.4, 0.5) is 0 Å². The molecule has 0 heterocycles. The molecular weight excluding hydrogens is 420 g/mol. The van der Waals surface area contributed by atoms with Gasteiger partial charge in [0.05, 0.1) is 25.0 Å². The fourth-order valence-corrected chi connectivity index (χ4v) is 3.84. The van der Waals surface area contributed by atoms with Crippen molar-refractivity contribution in [3.8, 4) is 16.9 Å². The van der Waals surface area contributed by atoms with Crippen LogP contribution in [0.25, 0.3) is 11.1 Å². The molecule has 1 fully saturated rings. The van der Waals surface area contributed by atoms with Crippen LogP contribution in [0.2, 0.25) is 0 Å². The van der Waals surface area contributed by atoms with E-state index in [1.807, 2.05) is 54.6 Å². The summed E-state index contributed by atoms with van der Waals surface area (Å²) in [4.78, 5) is 35.8. The van der Waals surface area contributed by atoms with Gasteiger partial charge in [-0.1, -0.05) is 49.0 Å². The molecule has 3 rings (SSSR count). The van der Waals surface area contributed by atoms with Gasteiger partial charge in [0, 0.05) is 6.08 Å². The van der Waals surface area contributed by atoms with Crippen molar-refractivity contribution in [2.45, 2.75) is 38.5 Å². The van der Waals surface area contributed by atoms with Gasteiger partial charge in [-0.3, -0.25) is 9.59 Å². The molecular formula is C27H30O6. The summed E-state index contributed by atoms with van der Waals surface area (Å²) in [5, 5.41) is 0. The second-order valence-corrected chi connectivity index (χ2v) is 8.11. The van der Waals surface area contributed by atoms with Crippen molar-refractivity contribution >= 4 is 17.9 Å². The largest absolute Gasteiger partial charge is 0.465 e. The van der Waals surface area contributed by atoms with Crippen molar-refractivity contribution in [1.82, 2.24) is 0 Å². The van der Waals surface area contributed by atoms with Gasteiger partial charge in [-0.25, -0.2) is 4.79 Å². The van der Waals surface area contributed by atoms with Crippen LogP contribution in [-0.4, -0.2) is 31.1 Å². The van der Waals surface area contributed by atoms with E-state index in [9.17, 15) is 14.4 Å². The Balaban J connectivity index is 1.35. The van der Waals surface area contributed by atoms with Gasteiger partial charge in [-0.15, -0.1) is 0 Å². The maximum atomic E-state index is 12.6. The van der Waals surface area contributed by atoms with Gasteiger partial charge in [0.2, 0.25) is 0 Å². The van der Waals surface area contributed by atoms with E-state index >= 15 is 0 Å². The maximum Gasteiger partial charge on any atom is 0.330 e. The Morgan fingerprint density at radius 1 is 0.758 bits per heavy atom. The van der Waals surface area contributed by atoms with E-state index in [2.05, 4.69) is 6.58 Å². The standard InChI is InChI=1S/C27H30O6/c1-2-25(28)31-18-6-7-19-32-26(29)22-10-12-23(13-11-22)27(30)33-24-16-14-21(15-17-24)20-8-4-3-5-9-20/h2-5,8-9,14-17,22-23H,1,6-7,10-13,18-19H2. The summed E-state index contributed by atoms with van der Waals surface area (Å²) < 4.78 is 15.8. The molecule has 0 radical (unpaired) electrons. The predicted octanol–water partition coefficient (Wildman–Crippen LogP) is 5.12. The lowest BCUT2D eigenvalue weighted by Crippen LogP contribution is -2.29. The smallest absolute Gasteiger partial charge is 0.330 e. The first kappa shape index (κ1) is 24.2. The molecule has 2 aromatic carbocycles. The van der Waals surface area contributed by atoms with E-state index in [0.29, 0.717) is 50.9 Å². The molecule has 2 aromatic rings. The SMILES string of the molecule is C=CC(=O)OCCCCOC(=O)C1CCC(C(=O)Oc2ccc(-c3ccccc3)cc2)CC1. The molecule has 33 heavy (non-hydrogen) atoms.